The van der Waals surface area contributed by atoms with Crippen molar-refractivity contribution in [1.29, 1.82) is 0 Å². The molecular weight excluding hydrogens is 242 g/mol. The monoisotopic (exact) mass is 273 g/mol. The first-order valence-corrected chi connectivity index (χ1v) is 8.17. The number of hydrogen-bond acceptors (Lipinski definition) is 3. The van der Waals surface area contributed by atoms with Gasteiger partial charge in [0, 0.05) is 19.6 Å². The van der Waals surface area contributed by atoms with Crippen LogP contribution in [0.15, 0.2) is 0 Å². The van der Waals surface area contributed by atoms with Gasteiger partial charge in [0.1, 0.15) is 0 Å². The van der Waals surface area contributed by atoms with Gasteiger partial charge in [-0.2, -0.15) is 12.6 Å². The lowest BCUT2D eigenvalue weighted by molar-refractivity contribution is -0.0774. The molecule has 1 saturated heterocycles. The highest BCUT2D eigenvalue weighted by atomic mass is 32.1. The van der Waals surface area contributed by atoms with E-state index < -0.39 is 0 Å². The van der Waals surface area contributed by atoms with E-state index >= 15 is 0 Å². The van der Waals surface area contributed by atoms with Gasteiger partial charge in [-0.3, -0.25) is 4.90 Å². The van der Waals surface area contributed by atoms with E-state index in [2.05, 4.69) is 45.2 Å². The number of morpholine rings is 1. The van der Waals surface area contributed by atoms with Crippen LogP contribution in [0.4, 0.5) is 0 Å². The predicted octanol–water partition coefficient (Wildman–Crippen LogP) is 3.61. The molecule has 0 saturated carbocycles. The molecule has 1 aliphatic heterocycles. The molecule has 0 aliphatic carbocycles. The van der Waals surface area contributed by atoms with E-state index in [9.17, 15) is 0 Å². The van der Waals surface area contributed by atoms with Crippen LogP contribution in [-0.4, -0.2) is 42.5 Å². The fourth-order valence-electron chi connectivity index (χ4n) is 3.44. The Kier molecular flexibility index (Phi) is 7.04. The Morgan fingerprint density at radius 3 is 2.00 bits per heavy atom. The Morgan fingerprint density at radius 2 is 1.61 bits per heavy atom. The third-order valence-corrected chi connectivity index (χ3v) is 4.62. The van der Waals surface area contributed by atoms with Crippen LogP contribution in [0.5, 0.6) is 0 Å². The third kappa shape index (κ3) is 4.75. The van der Waals surface area contributed by atoms with Crippen LogP contribution in [0.1, 0.15) is 53.4 Å². The Hall–Kier alpha value is 0.270. The molecule has 2 nitrogen and oxygen atoms in total. The Balaban J connectivity index is 2.63. The van der Waals surface area contributed by atoms with Gasteiger partial charge in [-0.05, 0) is 37.9 Å². The van der Waals surface area contributed by atoms with Gasteiger partial charge in [0.25, 0.3) is 0 Å². The predicted molar refractivity (Wildman–Crippen MR) is 82.6 cm³/mol. The zero-order valence-corrected chi connectivity index (χ0v) is 13.5. The molecule has 1 aliphatic rings. The second kappa shape index (κ2) is 7.76. The Labute approximate surface area is 119 Å². The van der Waals surface area contributed by atoms with Crippen molar-refractivity contribution in [2.75, 3.05) is 25.4 Å². The summed E-state index contributed by atoms with van der Waals surface area (Å²) in [6.45, 7) is 12.3. The summed E-state index contributed by atoms with van der Waals surface area (Å²) >= 11 is 4.66. The van der Waals surface area contributed by atoms with E-state index in [0.29, 0.717) is 17.6 Å². The smallest absolute Gasteiger partial charge is 0.0678 e. The molecule has 108 valence electrons. The van der Waals surface area contributed by atoms with Gasteiger partial charge in [-0.25, -0.2) is 0 Å². The molecule has 2 unspecified atom stereocenters. The van der Waals surface area contributed by atoms with Crippen molar-refractivity contribution in [1.82, 2.24) is 4.90 Å². The van der Waals surface area contributed by atoms with Gasteiger partial charge in [0.2, 0.25) is 0 Å². The number of hydrogen-bond donors (Lipinski definition) is 1. The normalized spacial score (nSPS) is 26.5. The minimum Gasteiger partial charge on any atom is -0.373 e. The third-order valence-electron chi connectivity index (χ3n) is 3.95. The van der Waals surface area contributed by atoms with Crippen molar-refractivity contribution in [3.05, 3.63) is 0 Å². The first-order chi connectivity index (χ1) is 8.55. The second-order valence-corrected chi connectivity index (χ2v) is 6.43. The second-order valence-electron chi connectivity index (χ2n) is 6.11. The topological polar surface area (TPSA) is 12.5 Å². The van der Waals surface area contributed by atoms with Crippen LogP contribution in [0.25, 0.3) is 0 Å². The molecule has 0 aromatic rings. The van der Waals surface area contributed by atoms with Crippen LogP contribution < -0.4 is 0 Å². The zero-order chi connectivity index (χ0) is 13.6. The molecule has 1 rings (SSSR count). The summed E-state index contributed by atoms with van der Waals surface area (Å²) in [5.74, 6) is 1.01. The first-order valence-electron chi connectivity index (χ1n) is 7.54. The molecule has 2 atom stereocenters. The van der Waals surface area contributed by atoms with Gasteiger partial charge in [-0.15, -0.1) is 0 Å². The summed E-state index contributed by atoms with van der Waals surface area (Å²) in [7, 11) is 0. The van der Waals surface area contributed by atoms with Crippen molar-refractivity contribution >= 4 is 12.6 Å². The molecule has 0 spiro atoms. The van der Waals surface area contributed by atoms with Gasteiger partial charge in [0.15, 0.2) is 0 Å². The average molecular weight is 273 g/mol. The average Bonchev–Trinajstić information content (AvgIpc) is 2.28. The highest BCUT2D eigenvalue weighted by Gasteiger charge is 2.32. The molecule has 0 N–H and O–H groups in total. The van der Waals surface area contributed by atoms with Crippen LogP contribution in [0.2, 0.25) is 0 Å². The molecular formula is C15H31NOS. The summed E-state index contributed by atoms with van der Waals surface area (Å²) in [6.07, 6.45) is 5.85. The Morgan fingerprint density at radius 1 is 1.11 bits per heavy atom. The van der Waals surface area contributed by atoms with Crippen molar-refractivity contribution in [2.24, 2.45) is 5.41 Å². The minimum absolute atomic E-state index is 0.370. The maximum atomic E-state index is 5.82. The number of ether oxygens (including phenoxy) is 1. The summed E-state index contributed by atoms with van der Waals surface area (Å²) in [5.41, 5.74) is 0.406. The number of rotatable bonds is 7. The van der Waals surface area contributed by atoms with Crippen LogP contribution in [-0.2, 0) is 4.74 Å². The van der Waals surface area contributed by atoms with Gasteiger partial charge in [-0.1, -0.05) is 26.7 Å². The fourth-order valence-corrected chi connectivity index (χ4v) is 3.86. The van der Waals surface area contributed by atoms with Crippen LogP contribution >= 0.6 is 12.6 Å². The summed E-state index contributed by atoms with van der Waals surface area (Å²) < 4.78 is 5.82. The quantitative estimate of drug-likeness (QED) is 0.711. The van der Waals surface area contributed by atoms with Crippen LogP contribution in [0.3, 0.4) is 0 Å². The summed E-state index contributed by atoms with van der Waals surface area (Å²) in [5, 5.41) is 0. The molecule has 3 heteroatoms. The minimum atomic E-state index is 0.370. The fraction of sp³-hybridized carbons (Fsp3) is 1.00. The first kappa shape index (κ1) is 16.3. The van der Waals surface area contributed by atoms with Crippen molar-refractivity contribution in [3.8, 4) is 0 Å². The number of nitrogens with zero attached hydrogens (tertiary/aromatic N) is 1. The standard InChI is InChI=1S/C15H31NOS/c1-5-7-15(12-18,8-6-2)11-16-9-13(3)17-14(4)10-16/h13-14,18H,5-12H2,1-4H3. The van der Waals surface area contributed by atoms with E-state index in [1.54, 1.807) is 0 Å². The van der Waals surface area contributed by atoms with E-state index in [0.717, 1.165) is 18.8 Å². The largest absolute Gasteiger partial charge is 0.373 e. The highest BCUT2D eigenvalue weighted by Crippen LogP contribution is 2.33. The lowest BCUT2D eigenvalue weighted by Gasteiger charge is -2.42. The molecule has 18 heavy (non-hydrogen) atoms. The van der Waals surface area contributed by atoms with E-state index in [4.69, 9.17) is 4.74 Å². The van der Waals surface area contributed by atoms with Gasteiger partial charge in [0.05, 0.1) is 12.2 Å². The molecule has 0 bridgehead atoms. The SMILES string of the molecule is CCCC(CS)(CCC)CN1CC(C)OC(C)C1. The van der Waals surface area contributed by atoms with Crippen molar-refractivity contribution in [2.45, 2.75) is 65.6 Å². The molecule has 1 heterocycles. The van der Waals surface area contributed by atoms with E-state index in [1.807, 2.05) is 0 Å². The van der Waals surface area contributed by atoms with Crippen molar-refractivity contribution < 1.29 is 4.74 Å². The summed E-state index contributed by atoms with van der Waals surface area (Å²) in [4.78, 5) is 2.60. The van der Waals surface area contributed by atoms with Crippen LogP contribution in [0, 0.1) is 5.41 Å². The molecule has 0 radical (unpaired) electrons. The van der Waals surface area contributed by atoms with Gasteiger partial charge < -0.3 is 4.74 Å². The number of thiol groups is 1. The summed E-state index contributed by atoms with van der Waals surface area (Å²) in [6, 6.07) is 0. The molecule has 0 amide bonds. The van der Waals surface area contributed by atoms with Crippen molar-refractivity contribution in [3.63, 3.8) is 0 Å². The molecule has 0 aromatic heterocycles. The zero-order valence-electron chi connectivity index (χ0n) is 12.6. The maximum Gasteiger partial charge on any atom is 0.0678 e. The highest BCUT2D eigenvalue weighted by molar-refractivity contribution is 7.80. The molecule has 0 aromatic carbocycles. The maximum absolute atomic E-state index is 5.82. The van der Waals surface area contributed by atoms with E-state index in [-0.39, 0.29) is 0 Å². The lowest BCUT2D eigenvalue weighted by Crippen LogP contribution is -2.50. The lowest BCUT2D eigenvalue weighted by atomic mass is 9.80. The Bertz CT molecular complexity index is 219. The van der Waals surface area contributed by atoms with Gasteiger partial charge >= 0.3 is 0 Å². The molecule has 1 fully saturated rings. The van der Waals surface area contributed by atoms with E-state index in [1.165, 1.54) is 32.2 Å².